The SMILES string of the molecule is C=CCn1c(=NC(=O)c2cccc(Oc3ccccc3)c2)sc2cccc(C)c21. The third-order valence-corrected chi connectivity index (χ3v) is 5.52. The molecule has 5 heteroatoms. The molecule has 4 rings (SSSR count). The summed E-state index contributed by atoms with van der Waals surface area (Å²) in [5, 5.41) is 0. The molecule has 0 unspecified atom stereocenters. The first kappa shape index (κ1) is 18.9. The van der Waals surface area contributed by atoms with E-state index in [1.54, 1.807) is 18.2 Å². The number of hydrogen-bond acceptors (Lipinski definition) is 3. The summed E-state index contributed by atoms with van der Waals surface area (Å²) >= 11 is 1.50. The van der Waals surface area contributed by atoms with E-state index < -0.39 is 0 Å². The number of amides is 1. The quantitative estimate of drug-likeness (QED) is 0.402. The summed E-state index contributed by atoms with van der Waals surface area (Å²) in [6.07, 6.45) is 1.82. The van der Waals surface area contributed by atoms with Crippen molar-refractivity contribution in [1.82, 2.24) is 4.57 Å². The molecule has 0 bridgehead atoms. The number of aromatic nitrogens is 1. The lowest BCUT2D eigenvalue weighted by atomic mass is 10.2. The minimum Gasteiger partial charge on any atom is -0.457 e. The fourth-order valence-electron chi connectivity index (χ4n) is 3.16. The first-order valence-electron chi connectivity index (χ1n) is 9.27. The van der Waals surface area contributed by atoms with Crippen LogP contribution < -0.4 is 9.54 Å². The van der Waals surface area contributed by atoms with E-state index in [1.807, 2.05) is 59.2 Å². The van der Waals surface area contributed by atoms with Crippen LogP contribution in [0.25, 0.3) is 10.2 Å². The number of aryl methyl sites for hydroxylation is 1. The van der Waals surface area contributed by atoms with E-state index in [4.69, 9.17) is 4.74 Å². The highest BCUT2D eigenvalue weighted by atomic mass is 32.1. The van der Waals surface area contributed by atoms with Crippen LogP contribution in [-0.4, -0.2) is 10.5 Å². The first-order chi connectivity index (χ1) is 14.2. The topological polar surface area (TPSA) is 43.6 Å². The van der Waals surface area contributed by atoms with E-state index in [9.17, 15) is 4.79 Å². The average molecular weight is 401 g/mol. The van der Waals surface area contributed by atoms with Gasteiger partial charge in [-0.15, -0.1) is 6.58 Å². The predicted octanol–water partition coefficient (Wildman–Crippen LogP) is 5.73. The van der Waals surface area contributed by atoms with Crippen molar-refractivity contribution < 1.29 is 9.53 Å². The van der Waals surface area contributed by atoms with Gasteiger partial charge in [0.25, 0.3) is 5.91 Å². The van der Waals surface area contributed by atoms with Gasteiger partial charge in [-0.25, -0.2) is 0 Å². The zero-order valence-corrected chi connectivity index (χ0v) is 16.9. The number of allylic oxidation sites excluding steroid dienone is 1. The Balaban J connectivity index is 1.71. The second-order valence-corrected chi connectivity index (χ2v) is 7.57. The molecule has 1 amide bonds. The number of carbonyl (C=O) groups is 1. The highest BCUT2D eigenvalue weighted by Crippen LogP contribution is 2.23. The second-order valence-electron chi connectivity index (χ2n) is 6.57. The molecule has 4 nitrogen and oxygen atoms in total. The fourth-order valence-corrected chi connectivity index (χ4v) is 4.28. The summed E-state index contributed by atoms with van der Waals surface area (Å²) in [5.41, 5.74) is 2.72. The number of benzene rings is 3. The molecule has 0 aliphatic heterocycles. The summed E-state index contributed by atoms with van der Waals surface area (Å²) < 4.78 is 8.96. The third-order valence-electron chi connectivity index (χ3n) is 4.47. The van der Waals surface area contributed by atoms with Crippen LogP contribution in [0.5, 0.6) is 11.5 Å². The second kappa shape index (κ2) is 8.29. The monoisotopic (exact) mass is 400 g/mol. The number of carbonyl (C=O) groups excluding carboxylic acids is 1. The molecule has 29 heavy (non-hydrogen) atoms. The van der Waals surface area contributed by atoms with Gasteiger partial charge in [-0.05, 0) is 48.9 Å². The molecule has 0 radical (unpaired) electrons. The predicted molar refractivity (Wildman–Crippen MR) is 118 cm³/mol. The highest BCUT2D eigenvalue weighted by Gasteiger charge is 2.11. The Labute approximate surface area is 173 Å². The number of thiazole rings is 1. The molecule has 0 saturated heterocycles. The normalized spacial score (nSPS) is 11.6. The van der Waals surface area contributed by atoms with E-state index in [0.29, 0.717) is 22.7 Å². The molecule has 0 fully saturated rings. The number of para-hydroxylation sites is 2. The first-order valence-corrected chi connectivity index (χ1v) is 10.1. The minimum atomic E-state index is -0.300. The van der Waals surface area contributed by atoms with Crippen LogP contribution in [-0.2, 0) is 6.54 Å². The molecule has 1 aromatic heterocycles. The zero-order valence-electron chi connectivity index (χ0n) is 16.0. The molecule has 0 N–H and O–H groups in total. The van der Waals surface area contributed by atoms with Gasteiger partial charge in [0.2, 0.25) is 0 Å². The largest absolute Gasteiger partial charge is 0.457 e. The van der Waals surface area contributed by atoms with Crippen molar-refractivity contribution in [3.63, 3.8) is 0 Å². The van der Waals surface area contributed by atoms with E-state index in [-0.39, 0.29) is 5.91 Å². The maximum atomic E-state index is 12.9. The molecular weight excluding hydrogens is 380 g/mol. The third kappa shape index (κ3) is 4.05. The molecule has 0 saturated carbocycles. The Bertz CT molecular complexity index is 1250. The van der Waals surface area contributed by atoms with Gasteiger partial charge in [-0.2, -0.15) is 4.99 Å². The minimum absolute atomic E-state index is 0.300. The number of hydrogen-bond donors (Lipinski definition) is 0. The maximum absolute atomic E-state index is 12.9. The standard InChI is InChI=1S/C24H20N2O2S/c1-3-15-26-22-17(2)9-7-14-21(22)29-24(26)25-23(27)18-10-8-13-20(16-18)28-19-11-5-4-6-12-19/h3-14,16H,1,15H2,2H3. The molecule has 4 aromatic rings. The molecule has 0 spiro atoms. The lowest BCUT2D eigenvalue weighted by Crippen LogP contribution is -2.16. The van der Waals surface area contributed by atoms with Crippen molar-refractivity contribution in [3.05, 3.63) is 101 Å². The maximum Gasteiger partial charge on any atom is 0.279 e. The molecular formula is C24H20N2O2S. The van der Waals surface area contributed by atoms with Gasteiger partial charge in [0.15, 0.2) is 4.80 Å². The van der Waals surface area contributed by atoms with Gasteiger partial charge in [-0.1, -0.05) is 53.8 Å². The van der Waals surface area contributed by atoms with Gasteiger partial charge >= 0.3 is 0 Å². The van der Waals surface area contributed by atoms with Crippen molar-refractivity contribution in [1.29, 1.82) is 0 Å². The summed E-state index contributed by atoms with van der Waals surface area (Å²) in [6.45, 7) is 6.49. The van der Waals surface area contributed by atoms with Gasteiger partial charge in [0, 0.05) is 12.1 Å². The van der Waals surface area contributed by atoms with Crippen molar-refractivity contribution in [2.45, 2.75) is 13.5 Å². The van der Waals surface area contributed by atoms with Gasteiger partial charge in [-0.3, -0.25) is 4.79 Å². The Hall–Kier alpha value is -3.44. The molecule has 0 aliphatic rings. The van der Waals surface area contributed by atoms with Crippen molar-refractivity contribution in [2.75, 3.05) is 0 Å². The smallest absolute Gasteiger partial charge is 0.279 e. The van der Waals surface area contributed by atoms with Crippen LogP contribution in [0.1, 0.15) is 15.9 Å². The summed E-state index contributed by atoms with van der Waals surface area (Å²) in [5.74, 6) is 1.02. The van der Waals surface area contributed by atoms with E-state index in [1.165, 1.54) is 11.3 Å². The number of nitrogens with zero attached hydrogens (tertiary/aromatic N) is 2. The number of fused-ring (bicyclic) bond motifs is 1. The van der Waals surface area contributed by atoms with E-state index >= 15 is 0 Å². The fraction of sp³-hybridized carbons (Fsp3) is 0.0833. The lowest BCUT2D eigenvalue weighted by Gasteiger charge is -2.06. The number of rotatable bonds is 5. The van der Waals surface area contributed by atoms with Crippen molar-refractivity contribution in [3.8, 4) is 11.5 Å². The van der Waals surface area contributed by atoms with Crippen LogP contribution in [0.2, 0.25) is 0 Å². The summed E-state index contributed by atoms with van der Waals surface area (Å²) in [7, 11) is 0. The molecule has 3 aromatic carbocycles. The number of ether oxygens (including phenoxy) is 1. The van der Waals surface area contributed by atoms with Gasteiger partial charge in [0.1, 0.15) is 11.5 Å². The zero-order chi connectivity index (χ0) is 20.2. The van der Waals surface area contributed by atoms with Crippen LogP contribution in [0.4, 0.5) is 0 Å². The van der Waals surface area contributed by atoms with Crippen LogP contribution in [0.15, 0.2) is 90.4 Å². The van der Waals surface area contributed by atoms with Crippen LogP contribution in [0, 0.1) is 6.92 Å². The summed E-state index contributed by atoms with van der Waals surface area (Å²) in [6, 6.07) is 22.7. The van der Waals surface area contributed by atoms with E-state index in [0.717, 1.165) is 21.5 Å². The van der Waals surface area contributed by atoms with Crippen molar-refractivity contribution in [2.24, 2.45) is 4.99 Å². The highest BCUT2D eigenvalue weighted by molar-refractivity contribution is 7.16. The Morgan fingerprint density at radius 2 is 1.83 bits per heavy atom. The van der Waals surface area contributed by atoms with Crippen LogP contribution in [0.3, 0.4) is 0 Å². The average Bonchev–Trinajstić information content (AvgIpc) is 3.07. The van der Waals surface area contributed by atoms with Gasteiger partial charge in [0.05, 0.1) is 10.2 Å². The Morgan fingerprint density at radius 1 is 1.07 bits per heavy atom. The summed E-state index contributed by atoms with van der Waals surface area (Å²) in [4.78, 5) is 18.0. The Morgan fingerprint density at radius 3 is 2.62 bits per heavy atom. The Kier molecular flexibility index (Phi) is 5.40. The van der Waals surface area contributed by atoms with Gasteiger partial charge < -0.3 is 9.30 Å². The molecule has 1 heterocycles. The van der Waals surface area contributed by atoms with E-state index in [2.05, 4.69) is 24.6 Å². The molecule has 144 valence electrons. The van der Waals surface area contributed by atoms with Crippen LogP contribution >= 0.6 is 11.3 Å². The lowest BCUT2D eigenvalue weighted by molar-refractivity contribution is 0.0997. The molecule has 0 atom stereocenters. The molecule has 0 aliphatic carbocycles. The van der Waals surface area contributed by atoms with Crippen molar-refractivity contribution >= 4 is 27.5 Å².